The summed E-state index contributed by atoms with van der Waals surface area (Å²) in [6, 6.07) is 0. The maximum absolute atomic E-state index is 12.8. The van der Waals surface area contributed by atoms with Gasteiger partial charge in [-0.25, -0.2) is 0 Å². The highest BCUT2D eigenvalue weighted by molar-refractivity contribution is 9.10. The lowest BCUT2D eigenvalue weighted by Crippen LogP contribution is -2.61. The van der Waals surface area contributed by atoms with Crippen LogP contribution in [0.25, 0.3) is 0 Å². The van der Waals surface area contributed by atoms with Gasteiger partial charge >= 0.3 is 0 Å². The third-order valence-corrected chi connectivity index (χ3v) is 6.25. The predicted molar refractivity (Wildman–Crippen MR) is 78.1 cm³/mol. The second-order valence-corrected chi connectivity index (χ2v) is 9.57. The summed E-state index contributed by atoms with van der Waals surface area (Å²) in [4.78, 5) is 12.8. The highest BCUT2D eigenvalue weighted by Gasteiger charge is 2.60. The fourth-order valence-corrected chi connectivity index (χ4v) is 6.35. The molecule has 4 aliphatic carbocycles. The van der Waals surface area contributed by atoms with Crippen LogP contribution in [-0.4, -0.2) is 27.5 Å². The topological polar surface area (TPSA) is 49.3 Å². The number of carbonyl (C=O) groups excluding carboxylic acids is 1. The lowest BCUT2D eigenvalue weighted by atomic mass is 9.49. The molecule has 4 heteroatoms. The summed E-state index contributed by atoms with van der Waals surface area (Å²) >= 11 is 3.93. The third kappa shape index (κ3) is 2.35. The van der Waals surface area contributed by atoms with E-state index in [9.17, 15) is 9.90 Å². The summed E-state index contributed by atoms with van der Waals surface area (Å²) in [5.41, 5.74) is -0.695. The van der Waals surface area contributed by atoms with Crippen molar-refractivity contribution in [2.45, 2.75) is 62.2 Å². The van der Waals surface area contributed by atoms with Gasteiger partial charge in [-0.2, -0.15) is 0 Å². The summed E-state index contributed by atoms with van der Waals surface area (Å²) in [6.07, 6.45) is 6.85. The lowest BCUT2D eigenvalue weighted by molar-refractivity contribution is -0.146. The zero-order valence-electron chi connectivity index (χ0n) is 11.8. The molecule has 4 atom stereocenters. The molecule has 0 aromatic carbocycles. The van der Waals surface area contributed by atoms with Gasteiger partial charge in [-0.05, 0) is 64.2 Å². The maximum atomic E-state index is 12.8. The minimum atomic E-state index is -0.514. The minimum Gasteiger partial charge on any atom is -0.394 e. The molecule has 4 rings (SSSR count). The number of rotatable bonds is 3. The van der Waals surface area contributed by atoms with Gasteiger partial charge in [-0.1, -0.05) is 15.9 Å². The monoisotopic (exact) mass is 329 g/mol. The van der Waals surface area contributed by atoms with Gasteiger partial charge in [0.25, 0.3) is 0 Å². The Morgan fingerprint density at radius 3 is 2.37 bits per heavy atom. The van der Waals surface area contributed by atoms with Crippen molar-refractivity contribution >= 4 is 21.8 Å². The number of carbonyl (C=O) groups is 1. The second kappa shape index (κ2) is 4.20. The number of nitrogens with one attached hydrogen (secondary N) is 1. The van der Waals surface area contributed by atoms with Gasteiger partial charge in [0.1, 0.15) is 0 Å². The van der Waals surface area contributed by atoms with Crippen molar-refractivity contribution in [1.29, 1.82) is 0 Å². The Hall–Kier alpha value is -0.0900. The molecule has 108 valence electrons. The minimum absolute atomic E-state index is 0.0128. The molecule has 0 aromatic heterocycles. The first kappa shape index (κ1) is 13.9. The zero-order valence-corrected chi connectivity index (χ0v) is 13.4. The van der Waals surface area contributed by atoms with Crippen molar-refractivity contribution in [1.82, 2.24) is 5.32 Å². The lowest BCUT2D eigenvalue weighted by Gasteiger charge is -2.59. The third-order valence-electron chi connectivity index (χ3n) is 5.32. The highest BCUT2D eigenvalue weighted by Crippen LogP contribution is 2.64. The summed E-state index contributed by atoms with van der Waals surface area (Å²) < 4.78 is 0.206. The van der Waals surface area contributed by atoms with Crippen molar-refractivity contribution in [2.24, 2.45) is 17.3 Å². The Bertz CT molecular complexity index is 393. The normalized spacial score (nSPS) is 44.4. The molecule has 2 N–H and O–H groups in total. The average molecular weight is 330 g/mol. The Morgan fingerprint density at radius 1 is 1.32 bits per heavy atom. The van der Waals surface area contributed by atoms with Gasteiger partial charge in [0, 0.05) is 4.32 Å². The molecule has 4 fully saturated rings. The van der Waals surface area contributed by atoms with Gasteiger partial charge in [0.05, 0.1) is 17.6 Å². The number of aliphatic hydroxyl groups excluding tert-OH is 1. The second-order valence-electron chi connectivity index (χ2n) is 7.89. The fourth-order valence-electron chi connectivity index (χ4n) is 4.90. The van der Waals surface area contributed by atoms with Crippen molar-refractivity contribution in [2.75, 3.05) is 6.61 Å². The van der Waals surface area contributed by atoms with Crippen molar-refractivity contribution in [3.8, 4) is 0 Å². The molecular formula is C15H24BrNO2. The molecule has 2 unspecified atom stereocenters. The van der Waals surface area contributed by atoms with Gasteiger partial charge in [0.2, 0.25) is 5.91 Å². The first-order valence-electron chi connectivity index (χ1n) is 7.38. The van der Waals surface area contributed by atoms with Crippen molar-refractivity contribution < 1.29 is 9.90 Å². The quantitative estimate of drug-likeness (QED) is 0.782. The number of hydrogen-bond acceptors (Lipinski definition) is 2. The first-order valence-corrected chi connectivity index (χ1v) is 8.18. The molecule has 0 saturated heterocycles. The molecule has 0 aliphatic heterocycles. The van der Waals surface area contributed by atoms with Crippen LogP contribution in [-0.2, 0) is 4.79 Å². The van der Waals surface area contributed by atoms with Crippen LogP contribution in [0.2, 0.25) is 0 Å². The van der Waals surface area contributed by atoms with E-state index < -0.39 is 5.54 Å². The van der Waals surface area contributed by atoms with Gasteiger partial charge in [0.15, 0.2) is 0 Å². The number of alkyl halides is 1. The molecule has 4 bridgehead atoms. The summed E-state index contributed by atoms with van der Waals surface area (Å²) in [5, 5.41) is 12.4. The van der Waals surface area contributed by atoms with E-state index in [-0.39, 0.29) is 22.3 Å². The summed E-state index contributed by atoms with van der Waals surface area (Å²) in [7, 11) is 0. The predicted octanol–water partition coefficient (Wildman–Crippen LogP) is 2.61. The Labute approximate surface area is 123 Å². The standard InChI is InChI=1S/C15H24BrNO2/c1-13(2,9-18)17-12(19)14-4-10-3-11(5-14)7-15(16,6-10)8-14/h10-11,18H,3-9H2,1-2H3,(H,17,19)/t10-,11+,14?,15?. The van der Waals surface area contributed by atoms with E-state index in [1.807, 2.05) is 13.8 Å². The summed E-state index contributed by atoms with van der Waals surface area (Å²) in [5.74, 6) is 1.59. The number of hydrogen-bond donors (Lipinski definition) is 2. The van der Waals surface area contributed by atoms with Crippen molar-refractivity contribution in [3.05, 3.63) is 0 Å². The van der Waals surface area contributed by atoms with E-state index in [0.717, 1.165) is 19.3 Å². The Kier molecular flexibility index (Phi) is 3.07. The van der Waals surface area contributed by atoms with E-state index in [4.69, 9.17) is 0 Å². The Balaban J connectivity index is 1.82. The van der Waals surface area contributed by atoms with Crippen LogP contribution in [0.1, 0.15) is 52.4 Å². The van der Waals surface area contributed by atoms with Crippen LogP contribution >= 0.6 is 15.9 Å². The highest BCUT2D eigenvalue weighted by atomic mass is 79.9. The van der Waals surface area contributed by atoms with Crippen LogP contribution in [0.4, 0.5) is 0 Å². The van der Waals surface area contributed by atoms with E-state index in [2.05, 4.69) is 21.2 Å². The molecular weight excluding hydrogens is 306 g/mol. The van der Waals surface area contributed by atoms with E-state index in [1.54, 1.807) is 0 Å². The van der Waals surface area contributed by atoms with Crippen LogP contribution in [0.15, 0.2) is 0 Å². The van der Waals surface area contributed by atoms with Crippen LogP contribution < -0.4 is 5.32 Å². The van der Waals surface area contributed by atoms with Gasteiger partial charge < -0.3 is 10.4 Å². The smallest absolute Gasteiger partial charge is 0.226 e. The van der Waals surface area contributed by atoms with E-state index in [0.29, 0.717) is 11.8 Å². The first-order chi connectivity index (χ1) is 8.76. The Morgan fingerprint density at radius 2 is 1.89 bits per heavy atom. The van der Waals surface area contributed by atoms with Gasteiger partial charge in [-0.3, -0.25) is 4.79 Å². The fraction of sp³-hybridized carbons (Fsp3) is 0.933. The van der Waals surface area contributed by atoms with Crippen LogP contribution in [0, 0.1) is 17.3 Å². The van der Waals surface area contributed by atoms with Crippen LogP contribution in [0.3, 0.4) is 0 Å². The van der Waals surface area contributed by atoms with Crippen molar-refractivity contribution in [3.63, 3.8) is 0 Å². The maximum Gasteiger partial charge on any atom is 0.226 e. The molecule has 0 spiro atoms. The molecule has 19 heavy (non-hydrogen) atoms. The number of amides is 1. The number of halogens is 1. The molecule has 3 nitrogen and oxygen atoms in total. The SMILES string of the molecule is CC(C)(CO)NC(=O)C12C[C@@H]3C[C@@H](CC(Br)(C3)C1)C2. The molecule has 0 aromatic rings. The molecule has 4 aliphatic rings. The van der Waals surface area contributed by atoms with E-state index >= 15 is 0 Å². The average Bonchev–Trinajstić information content (AvgIpc) is 2.25. The summed E-state index contributed by atoms with van der Waals surface area (Å²) in [6.45, 7) is 3.76. The molecule has 1 amide bonds. The van der Waals surface area contributed by atoms with Gasteiger partial charge in [-0.15, -0.1) is 0 Å². The van der Waals surface area contributed by atoms with Crippen LogP contribution in [0.5, 0.6) is 0 Å². The van der Waals surface area contributed by atoms with E-state index in [1.165, 1.54) is 19.3 Å². The molecule has 0 radical (unpaired) electrons. The largest absolute Gasteiger partial charge is 0.394 e. The number of aliphatic hydroxyl groups is 1. The molecule has 4 saturated carbocycles. The molecule has 0 heterocycles. The zero-order chi connectivity index (χ0) is 13.9.